The molecule has 0 aliphatic carbocycles. The summed E-state index contributed by atoms with van der Waals surface area (Å²) in [7, 11) is 0. The maximum Gasteiger partial charge on any atom is 0.255 e. The van der Waals surface area contributed by atoms with Crippen molar-refractivity contribution in [2.45, 2.75) is 38.8 Å². The highest BCUT2D eigenvalue weighted by atomic mass is 16.2. The first-order valence-electron chi connectivity index (χ1n) is 8.13. The molecule has 0 bridgehead atoms. The van der Waals surface area contributed by atoms with Crippen molar-refractivity contribution in [2.24, 2.45) is 0 Å². The zero-order valence-corrected chi connectivity index (χ0v) is 13.6. The summed E-state index contributed by atoms with van der Waals surface area (Å²) in [4.78, 5) is 23.0. The van der Waals surface area contributed by atoms with E-state index >= 15 is 0 Å². The van der Waals surface area contributed by atoms with Gasteiger partial charge in [0.25, 0.3) is 5.91 Å². The summed E-state index contributed by atoms with van der Waals surface area (Å²) < 4.78 is 1.82. The van der Waals surface area contributed by atoms with Crippen LogP contribution in [0.3, 0.4) is 0 Å². The highest BCUT2D eigenvalue weighted by Gasteiger charge is 2.24. The van der Waals surface area contributed by atoms with E-state index in [-0.39, 0.29) is 5.91 Å². The molecule has 0 spiro atoms. The average Bonchev–Trinajstić information content (AvgIpc) is 3.08. The van der Waals surface area contributed by atoms with Gasteiger partial charge in [-0.05, 0) is 25.0 Å². The Kier molecular flexibility index (Phi) is 4.71. The van der Waals surface area contributed by atoms with Crippen LogP contribution in [0, 0.1) is 0 Å². The molecule has 23 heavy (non-hydrogen) atoms. The van der Waals surface area contributed by atoms with Crippen LogP contribution in [0.5, 0.6) is 0 Å². The lowest BCUT2D eigenvalue weighted by atomic mass is 10.0. The number of carbonyl (C=O) groups is 1. The van der Waals surface area contributed by atoms with Gasteiger partial charge in [0.05, 0.1) is 5.56 Å². The Morgan fingerprint density at radius 1 is 1.39 bits per heavy atom. The highest BCUT2D eigenvalue weighted by Crippen LogP contribution is 2.15. The van der Waals surface area contributed by atoms with Crippen LogP contribution in [-0.2, 0) is 0 Å². The molecule has 1 aliphatic heterocycles. The molecule has 0 saturated carbocycles. The lowest BCUT2D eigenvalue weighted by Gasteiger charge is -2.34. The summed E-state index contributed by atoms with van der Waals surface area (Å²) in [6, 6.07) is 4.50. The molecule has 1 atom stereocenters. The van der Waals surface area contributed by atoms with Gasteiger partial charge in [-0.1, -0.05) is 13.8 Å². The number of imidazole rings is 1. The lowest BCUT2D eigenvalue weighted by Crippen LogP contribution is -2.49. The van der Waals surface area contributed by atoms with Crippen molar-refractivity contribution in [3.05, 3.63) is 42.6 Å². The smallest absolute Gasteiger partial charge is 0.255 e. The first kappa shape index (κ1) is 15.7. The Morgan fingerprint density at radius 3 is 2.91 bits per heavy atom. The number of carbonyl (C=O) groups excluding carboxylic acids is 1. The molecule has 0 aromatic carbocycles. The molecule has 1 N–H and O–H groups in total. The Morgan fingerprint density at radius 2 is 2.26 bits per heavy atom. The van der Waals surface area contributed by atoms with Gasteiger partial charge >= 0.3 is 0 Å². The maximum absolute atomic E-state index is 12.7. The van der Waals surface area contributed by atoms with Crippen molar-refractivity contribution < 1.29 is 4.79 Å². The van der Waals surface area contributed by atoms with Crippen LogP contribution in [0.1, 0.15) is 37.0 Å². The fourth-order valence-corrected chi connectivity index (χ4v) is 3.01. The van der Waals surface area contributed by atoms with Gasteiger partial charge in [-0.3, -0.25) is 9.36 Å². The quantitative estimate of drug-likeness (QED) is 0.936. The molecule has 1 saturated heterocycles. The molecular formula is C17H23N5O. The number of likely N-dealkylation sites (tertiary alicyclic amines) is 1. The van der Waals surface area contributed by atoms with Crippen LogP contribution >= 0.6 is 0 Å². The van der Waals surface area contributed by atoms with E-state index in [0.29, 0.717) is 17.6 Å². The summed E-state index contributed by atoms with van der Waals surface area (Å²) in [5.41, 5.74) is 0.638. The number of hydrogen-bond acceptors (Lipinski definition) is 4. The first-order valence-corrected chi connectivity index (χ1v) is 8.13. The Balaban J connectivity index is 1.67. The van der Waals surface area contributed by atoms with Crippen LogP contribution in [-0.4, -0.2) is 50.5 Å². The SMILES string of the molecule is CC(C)NC1CCCN(C(=O)c2ccc(-n3ccnc3)nc2)C1. The number of hydrogen-bond donors (Lipinski definition) is 1. The van der Waals surface area contributed by atoms with Gasteiger partial charge in [0.2, 0.25) is 0 Å². The first-order chi connectivity index (χ1) is 11.1. The van der Waals surface area contributed by atoms with E-state index in [2.05, 4.69) is 29.1 Å². The van der Waals surface area contributed by atoms with Gasteiger partial charge in [0.15, 0.2) is 0 Å². The molecule has 1 fully saturated rings. The molecule has 6 heteroatoms. The highest BCUT2D eigenvalue weighted by molar-refractivity contribution is 5.94. The van der Waals surface area contributed by atoms with Crippen LogP contribution in [0.25, 0.3) is 5.82 Å². The molecule has 2 aromatic rings. The number of pyridine rings is 1. The molecule has 6 nitrogen and oxygen atoms in total. The minimum Gasteiger partial charge on any atom is -0.337 e. The standard InChI is InChI=1S/C17H23N5O/c1-13(2)20-15-4-3-8-21(11-15)17(23)14-5-6-16(19-10-14)22-9-7-18-12-22/h5-7,9-10,12-13,15,20H,3-4,8,11H2,1-2H3. The Hall–Kier alpha value is -2.21. The minimum atomic E-state index is 0.0601. The fraction of sp³-hybridized carbons (Fsp3) is 0.471. The van der Waals surface area contributed by atoms with E-state index in [0.717, 1.165) is 31.7 Å². The van der Waals surface area contributed by atoms with Gasteiger partial charge in [-0.25, -0.2) is 9.97 Å². The third-order valence-corrected chi connectivity index (χ3v) is 4.04. The van der Waals surface area contributed by atoms with Crippen LogP contribution in [0.15, 0.2) is 37.1 Å². The number of rotatable bonds is 4. The van der Waals surface area contributed by atoms with E-state index in [1.54, 1.807) is 18.7 Å². The molecular weight excluding hydrogens is 290 g/mol. The molecule has 1 unspecified atom stereocenters. The van der Waals surface area contributed by atoms with Crippen LogP contribution in [0.4, 0.5) is 0 Å². The monoisotopic (exact) mass is 313 g/mol. The topological polar surface area (TPSA) is 63.1 Å². The molecule has 0 radical (unpaired) electrons. The normalized spacial score (nSPS) is 18.4. The van der Waals surface area contributed by atoms with Crippen LogP contribution < -0.4 is 5.32 Å². The summed E-state index contributed by atoms with van der Waals surface area (Å²) in [6.45, 7) is 5.86. The average molecular weight is 313 g/mol. The second kappa shape index (κ2) is 6.91. The van der Waals surface area contributed by atoms with Gasteiger partial charge in [-0.15, -0.1) is 0 Å². The van der Waals surface area contributed by atoms with Crippen molar-refractivity contribution in [1.29, 1.82) is 0 Å². The number of piperidine rings is 1. The second-order valence-electron chi connectivity index (χ2n) is 6.29. The third kappa shape index (κ3) is 3.76. The number of nitrogens with zero attached hydrogens (tertiary/aromatic N) is 4. The maximum atomic E-state index is 12.7. The van der Waals surface area contributed by atoms with E-state index in [4.69, 9.17) is 0 Å². The van der Waals surface area contributed by atoms with E-state index in [1.165, 1.54) is 0 Å². The van der Waals surface area contributed by atoms with E-state index in [9.17, 15) is 4.79 Å². The van der Waals surface area contributed by atoms with Crippen molar-refractivity contribution in [1.82, 2.24) is 24.8 Å². The Labute approximate surface area is 136 Å². The van der Waals surface area contributed by atoms with E-state index < -0.39 is 0 Å². The van der Waals surface area contributed by atoms with Gasteiger partial charge < -0.3 is 10.2 Å². The van der Waals surface area contributed by atoms with Crippen LogP contribution in [0.2, 0.25) is 0 Å². The molecule has 1 amide bonds. The predicted molar refractivity (Wildman–Crippen MR) is 88.6 cm³/mol. The van der Waals surface area contributed by atoms with Crippen molar-refractivity contribution in [3.63, 3.8) is 0 Å². The summed E-state index contributed by atoms with van der Waals surface area (Å²) in [6.07, 6.45) is 9.04. The molecule has 3 heterocycles. The van der Waals surface area contributed by atoms with Gasteiger partial charge in [-0.2, -0.15) is 0 Å². The fourth-order valence-electron chi connectivity index (χ4n) is 3.01. The predicted octanol–water partition coefficient (Wildman–Crippen LogP) is 1.87. The number of nitrogens with one attached hydrogen (secondary N) is 1. The van der Waals surface area contributed by atoms with Crippen molar-refractivity contribution in [2.75, 3.05) is 13.1 Å². The van der Waals surface area contributed by atoms with E-state index in [1.807, 2.05) is 27.8 Å². The number of amides is 1. The molecule has 122 valence electrons. The zero-order valence-electron chi connectivity index (χ0n) is 13.6. The van der Waals surface area contributed by atoms with Crippen molar-refractivity contribution >= 4 is 5.91 Å². The van der Waals surface area contributed by atoms with Crippen molar-refractivity contribution in [3.8, 4) is 5.82 Å². The molecule has 1 aliphatic rings. The summed E-state index contributed by atoms with van der Waals surface area (Å²) in [5.74, 6) is 0.821. The Bertz CT molecular complexity index is 636. The van der Waals surface area contributed by atoms with Gasteiger partial charge in [0.1, 0.15) is 12.1 Å². The lowest BCUT2D eigenvalue weighted by molar-refractivity contribution is 0.0691. The molecule has 3 rings (SSSR count). The summed E-state index contributed by atoms with van der Waals surface area (Å²) in [5, 5.41) is 3.53. The minimum absolute atomic E-state index is 0.0601. The zero-order chi connectivity index (χ0) is 16.2. The largest absolute Gasteiger partial charge is 0.337 e. The third-order valence-electron chi connectivity index (χ3n) is 4.04. The van der Waals surface area contributed by atoms with Gasteiger partial charge in [0, 0.05) is 43.8 Å². The number of aromatic nitrogens is 3. The summed E-state index contributed by atoms with van der Waals surface area (Å²) >= 11 is 0. The molecule has 2 aromatic heterocycles. The second-order valence-corrected chi connectivity index (χ2v) is 6.29.